The van der Waals surface area contributed by atoms with Crippen molar-refractivity contribution in [2.24, 2.45) is 5.41 Å². The predicted molar refractivity (Wildman–Crippen MR) is 67.9 cm³/mol. The van der Waals surface area contributed by atoms with Crippen molar-refractivity contribution >= 4 is 11.6 Å². The van der Waals surface area contributed by atoms with Gasteiger partial charge in [0, 0.05) is 6.54 Å². The summed E-state index contributed by atoms with van der Waals surface area (Å²) in [7, 11) is 0. The fourth-order valence-corrected chi connectivity index (χ4v) is 3.09. The van der Waals surface area contributed by atoms with Crippen molar-refractivity contribution in [2.45, 2.75) is 19.3 Å². The van der Waals surface area contributed by atoms with Gasteiger partial charge in [0.2, 0.25) is 5.91 Å². The average Bonchev–Trinajstić information content (AvgIpc) is 2.69. The average molecular weight is 248 g/mol. The van der Waals surface area contributed by atoms with E-state index >= 15 is 0 Å². The Labute approximate surface area is 106 Å². The minimum Gasteiger partial charge on any atom is -0.317 e. The molecular formula is C14H17FN2O. The maximum absolute atomic E-state index is 13.8. The van der Waals surface area contributed by atoms with E-state index in [-0.39, 0.29) is 17.1 Å². The molecule has 2 saturated heterocycles. The van der Waals surface area contributed by atoms with E-state index in [4.69, 9.17) is 0 Å². The molecule has 0 aromatic heterocycles. The van der Waals surface area contributed by atoms with Crippen molar-refractivity contribution in [1.29, 1.82) is 0 Å². The van der Waals surface area contributed by atoms with Crippen LogP contribution >= 0.6 is 0 Å². The Morgan fingerprint density at radius 3 is 2.61 bits per heavy atom. The predicted octanol–water partition coefficient (Wildman–Crippen LogP) is 1.93. The van der Waals surface area contributed by atoms with Gasteiger partial charge in [0.1, 0.15) is 5.82 Å². The third kappa shape index (κ3) is 1.72. The van der Waals surface area contributed by atoms with Gasteiger partial charge in [-0.15, -0.1) is 0 Å². The Morgan fingerprint density at radius 2 is 1.89 bits per heavy atom. The summed E-state index contributed by atoms with van der Waals surface area (Å²) in [4.78, 5) is 14.2. The number of rotatable bonds is 1. The van der Waals surface area contributed by atoms with Crippen LogP contribution in [0.4, 0.5) is 10.1 Å². The monoisotopic (exact) mass is 248 g/mol. The molecule has 2 fully saturated rings. The smallest absolute Gasteiger partial charge is 0.233 e. The highest BCUT2D eigenvalue weighted by molar-refractivity contribution is 6.00. The molecule has 1 N–H and O–H groups in total. The second-order valence-corrected chi connectivity index (χ2v) is 5.19. The van der Waals surface area contributed by atoms with Gasteiger partial charge in [-0.2, -0.15) is 0 Å². The van der Waals surface area contributed by atoms with Gasteiger partial charge in [-0.1, -0.05) is 12.1 Å². The highest BCUT2D eigenvalue weighted by Crippen LogP contribution is 2.42. The van der Waals surface area contributed by atoms with E-state index in [0.717, 1.165) is 32.4 Å². The van der Waals surface area contributed by atoms with Crippen molar-refractivity contribution < 1.29 is 9.18 Å². The lowest BCUT2D eigenvalue weighted by Crippen LogP contribution is -2.42. The van der Waals surface area contributed by atoms with Crippen molar-refractivity contribution in [3.63, 3.8) is 0 Å². The number of para-hydroxylation sites is 1. The third-order valence-electron chi connectivity index (χ3n) is 4.22. The van der Waals surface area contributed by atoms with Crippen LogP contribution in [0, 0.1) is 11.2 Å². The summed E-state index contributed by atoms with van der Waals surface area (Å²) in [5.41, 5.74) is 0.186. The largest absolute Gasteiger partial charge is 0.317 e. The zero-order valence-electron chi connectivity index (χ0n) is 10.3. The first kappa shape index (κ1) is 11.7. The summed E-state index contributed by atoms with van der Waals surface area (Å²) in [6.45, 7) is 2.41. The van der Waals surface area contributed by atoms with Gasteiger partial charge in [0.25, 0.3) is 0 Å². The number of benzene rings is 1. The van der Waals surface area contributed by atoms with Crippen LogP contribution in [0.2, 0.25) is 0 Å². The normalized spacial score (nSPS) is 22.7. The number of halogens is 1. The quantitative estimate of drug-likeness (QED) is 0.823. The van der Waals surface area contributed by atoms with Crippen molar-refractivity contribution in [2.75, 3.05) is 24.5 Å². The number of anilines is 1. The standard InChI is InChI=1S/C14H17FN2O/c15-11-3-1-2-4-12(11)17-10-7-14(13(17)18)5-8-16-9-6-14/h1-4,16H,5-10H2. The van der Waals surface area contributed by atoms with Crippen LogP contribution in [-0.2, 0) is 4.79 Å². The lowest BCUT2D eigenvalue weighted by Gasteiger charge is -2.32. The van der Waals surface area contributed by atoms with E-state index in [0.29, 0.717) is 12.2 Å². The molecule has 1 amide bonds. The molecule has 0 aliphatic carbocycles. The Hall–Kier alpha value is -1.42. The summed E-state index contributed by atoms with van der Waals surface area (Å²) in [6, 6.07) is 6.53. The molecule has 3 rings (SSSR count). The van der Waals surface area contributed by atoms with Gasteiger partial charge < -0.3 is 10.2 Å². The van der Waals surface area contributed by atoms with Crippen LogP contribution in [0.1, 0.15) is 19.3 Å². The van der Waals surface area contributed by atoms with Gasteiger partial charge >= 0.3 is 0 Å². The molecule has 1 aromatic carbocycles. The first-order valence-corrected chi connectivity index (χ1v) is 6.50. The molecule has 4 heteroatoms. The Morgan fingerprint density at radius 1 is 1.17 bits per heavy atom. The molecule has 0 unspecified atom stereocenters. The molecule has 96 valence electrons. The summed E-state index contributed by atoms with van der Waals surface area (Å²) in [5, 5.41) is 3.28. The number of carbonyl (C=O) groups excluding carboxylic acids is 1. The van der Waals surface area contributed by atoms with E-state index in [1.165, 1.54) is 6.07 Å². The van der Waals surface area contributed by atoms with Crippen molar-refractivity contribution in [3.05, 3.63) is 30.1 Å². The second kappa shape index (κ2) is 4.35. The molecule has 0 atom stereocenters. The minimum absolute atomic E-state index is 0.106. The summed E-state index contributed by atoms with van der Waals surface area (Å²) in [5.74, 6) is -0.203. The SMILES string of the molecule is O=C1N(c2ccccc2F)CCC12CCNCC2. The number of amides is 1. The van der Waals surface area contributed by atoms with Gasteiger partial charge in [0.05, 0.1) is 11.1 Å². The highest BCUT2D eigenvalue weighted by Gasteiger charge is 2.47. The maximum atomic E-state index is 13.8. The molecule has 18 heavy (non-hydrogen) atoms. The fourth-order valence-electron chi connectivity index (χ4n) is 3.09. The molecule has 1 aromatic rings. The fraction of sp³-hybridized carbons (Fsp3) is 0.500. The molecule has 2 aliphatic heterocycles. The van der Waals surface area contributed by atoms with Crippen LogP contribution in [0.25, 0.3) is 0 Å². The molecule has 3 nitrogen and oxygen atoms in total. The maximum Gasteiger partial charge on any atom is 0.233 e. The zero-order valence-corrected chi connectivity index (χ0v) is 10.3. The molecule has 1 spiro atoms. The Kier molecular flexibility index (Phi) is 2.82. The van der Waals surface area contributed by atoms with Gasteiger partial charge in [-0.05, 0) is 44.5 Å². The van der Waals surface area contributed by atoms with Gasteiger partial charge in [-0.25, -0.2) is 4.39 Å². The summed E-state index contributed by atoms with van der Waals surface area (Å²) >= 11 is 0. The van der Waals surface area contributed by atoms with Crippen LogP contribution in [0.5, 0.6) is 0 Å². The van der Waals surface area contributed by atoms with Crippen molar-refractivity contribution in [1.82, 2.24) is 5.32 Å². The van der Waals surface area contributed by atoms with E-state index in [1.807, 2.05) is 0 Å². The van der Waals surface area contributed by atoms with Crippen LogP contribution in [0.3, 0.4) is 0 Å². The molecule has 2 heterocycles. The topological polar surface area (TPSA) is 32.3 Å². The molecule has 0 radical (unpaired) electrons. The number of hydrogen-bond donors (Lipinski definition) is 1. The van der Waals surface area contributed by atoms with Gasteiger partial charge in [-0.3, -0.25) is 4.79 Å². The first-order valence-electron chi connectivity index (χ1n) is 6.50. The summed E-state index contributed by atoms with van der Waals surface area (Å²) in [6.07, 6.45) is 2.59. The van der Waals surface area contributed by atoms with Gasteiger partial charge in [0.15, 0.2) is 0 Å². The lowest BCUT2D eigenvalue weighted by molar-refractivity contribution is -0.126. The molecule has 0 saturated carbocycles. The van der Waals surface area contributed by atoms with E-state index in [9.17, 15) is 9.18 Å². The number of nitrogens with one attached hydrogen (secondary N) is 1. The third-order valence-corrected chi connectivity index (χ3v) is 4.22. The number of piperidine rings is 1. The first-order chi connectivity index (χ1) is 8.73. The van der Waals surface area contributed by atoms with E-state index in [1.54, 1.807) is 23.1 Å². The second-order valence-electron chi connectivity index (χ2n) is 5.19. The van der Waals surface area contributed by atoms with Crippen molar-refractivity contribution in [3.8, 4) is 0 Å². The Balaban J connectivity index is 1.89. The zero-order chi connectivity index (χ0) is 12.6. The van der Waals surface area contributed by atoms with E-state index < -0.39 is 0 Å². The minimum atomic E-state index is -0.308. The van der Waals surface area contributed by atoms with Crippen LogP contribution in [0.15, 0.2) is 24.3 Å². The Bertz CT molecular complexity index is 469. The van der Waals surface area contributed by atoms with Crippen LogP contribution < -0.4 is 10.2 Å². The highest BCUT2D eigenvalue weighted by atomic mass is 19.1. The molecule has 0 bridgehead atoms. The van der Waals surface area contributed by atoms with Crippen LogP contribution in [-0.4, -0.2) is 25.5 Å². The molecular weight excluding hydrogens is 231 g/mol. The lowest BCUT2D eigenvalue weighted by atomic mass is 9.78. The molecule has 2 aliphatic rings. The number of carbonyl (C=O) groups is 1. The van der Waals surface area contributed by atoms with E-state index in [2.05, 4.69) is 5.32 Å². The number of hydrogen-bond acceptors (Lipinski definition) is 2. The number of nitrogens with zero attached hydrogens (tertiary/aromatic N) is 1. The summed E-state index contributed by atoms with van der Waals surface area (Å²) < 4.78 is 13.8.